The van der Waals surface area contributed by atoms with Crippen molar-refractivity contribution < 1.29 is 10.2 Å². The minimum Gasteiger partial charge on any atom is -0.506 e. The second kappa shape index (κ2) is 5.48. The smallest absolute Gasteiger partial charge is 0.183 e. The number of pyridine rings is 1. The van der Waals surface area contributed by atoms with Gasteiger partial charge in [-0.1, -0.05) is 26.0 Å². The SMILES string of the molecule is CC(C)c1nc2c(O)cccn2c1N=Nc1ccccc1O. The molecule has 0 aliphatic heterocycles. The summed E-state index contributed by atoms with van der Waals surface area (Å²) in [5.74, 6) is 0.823. The van der Waals surface area contributed by atoms with Gasteiger partial charge in [0.15, 0.2) is 17.2 Å². The molecule has 112 valence electrons. The number of aromatic nitrogens is 2. The number of hydrogen-bond acceptors (Lipinski definition) is 5. The van der Waals surface area contributed by atoms with Gasteiger partial charge in [-0.3, -0.25) is 4.40 Å². The summed E-state index contributed by atoms with van der Waals surface area (Å²) >= 11 is 0. The van der Waals surface area contributed by atoms with Gasteiger partial charge in [0.1, 0.15) is 11.4 Å². The third-order valence-electron chi connectivity index (χ3n) is 3.31. The maximum Gasteiger partial charge on any atom is 0.183 e. The largest absolute Gasteiger partial charge is 0.506 e. The van der Waals surface area contributed by atoms with Crippen molar-refractivity contribution in [2.45, 2.75) is 19.8 Å². The summed E-state index contributed by atoms with van der Waals surface area (Å²) in [5, 5.41) is 28.0. The van der Waals surface area contributed by atoms with Gasteiger partial charge < -0.3 is 10.2 Å². The van der Waals surface area contributed by atoms with Crippen LogP contribution in [0, 0.1) is 0 Å². The maximum absolute atomic E-state index is 9.92. The number of rotatable bonds is 3. The van der Waals surface area contributed by atoms with Gasteiger partial charge >= 0.3 is 0 Å². The fraction of sp³-hybridized carbons (Fsp3) is 0.188. The lowest BCUT2D eigenvalue weighted by Gasteiger charge is -2.02. The summed E-state index contributed by atoms with van der Waals surface area (Å²) in [4.78, 5) is 4.44. The van der Waals surface area contributed by atoms with Crippen molar-refractivity contribution in [3.63, 3.8) is 0 Å². The maximum atomic E-state index is 9.92. The van der Waals surface area contributed by atoms with Crippen LogP contribution in [0.4, 0.5) is 11.5 Å². The molecule has 3 rings (SSSR count). The Bertz CT molecular complexity index is 852. The molecule has 3 aromatic rings. The Morgan fingerprint density at radius 3 is 2.45 bits per heavy atom. The van der Waals surface area contributed by atoms with Gasteiger partial charge in [0.05, 0.1) is 5.69 Å². The molecule has 2 N–H and O–H groups in total. The van der Waals surface area contributed by atoms with E-state index in [1.165, 1.54) is 0 Å². The molecule has 0 bridgehead atoms. The number of aromatic hydroxyl groups is 2. The summed E-state index contributed by atoms with van der Waals surface area (Å²) in [5.41, 5.74) is 1.56. The predicted octanol–water partition coefficient (Wildman–Crippen LogP) is 4.28. The molecule has 0 spiro atoms. The highest BCUT2D eigenvalue weighted by atomic mass is 16.3. The first-order valence-electron chi connectivity index (χ1n) is 6.97. The van der Waals surface area contributed by atoms with E-state index in [4.69, 9.17) is 0 Å². The molecule has 6 nitrogen and oxygen atoms in total. The zero-order chi connectivity index (χ0) is 15.7. The van der Waals surface area contributed by atoms with Crippen LogP contribution < -0.4 is 0 Å². The number of phenolic OH excluding ortho intramolecular Hbond substituents is 1. The molecule has 22 heavy (non-hydrogen) atoms. The van der Waals surface area contributed by atoms with Crippen LogP contribution in [0.3, 0.4) is 0 Å². The van der Waals surface area contributed by atoms with Gasteiger partial charge in [-0.05, 0) is 30.2 Å². The topological polar surface area (TPSA) is 82.5 Å². The number of phenols is 1. The van der Waals surface area contributed by atoms with E-state index in [1.54, 1.807) is 47.0 Å². The molecule has 0 atom stereocenters. The number of imidazole rings is 1. The Kier molecular flexibility index (Phi) is 3.50. The second-order valence-corrected chi connectivity index (χ2v) is 5.25. The van der Waals surface area contributed by atoms with E-state index in [9.17, 15) is 10.2 Å². The molecule has 0 aliphatic rings. The van der Waals surface area contributed by atoms with Crippen LogP contribution in [0.5, 0.6) is 11.5 Å². The van der Waals surface area contributed by atoms with E-state index in [-0.39, 0.29) is 17.4 Å². The van der Waals surface area contributed by atoms with Crippen LogP contribution in [-0.2, 0) is 0 Å². The van der Waals surface area contributed by atoms with Crippen molar-refractivity contribution in [1.82, 2.24) is 9.38 Å². The minimum absolute atomic E-state index is 0.0639. The fourth-order valence-electron chi connectivity index (χ4n) is 2.20. The van der Waals surface area contributed by atoms with Crippen molar-refractivity contribution in [2.24, 2.45) is 10.2 Å². The number of azo groups is 1. The zero-order valence-corrected chi connectivity index (χ0v) is 12.3. The van der Waals surface area contributed by atoms with Crippen LogP contribution in [0.15, 0.2) is 52.8 Å². The van der Waals surface area contributed by atoms with Crippen molar-refractivity contribution in [2.75, 3.05) is 0 Å². The summed E-state index contributed by atoms with van der Waals surface area (Å²) in [6.07, 6.45) is 1.77. The Balaban J connectivity index is 2.15. The van der Waals surface area contributed by atoms with Gasteiger partial charge in [-0.15, -0.1) is 10.2 Å². The number of benzene rings is 1. The molecule has 0 aliphatic carbocycles. The molecule has 6 heteroatoms. The molecular weight excluding hydrogens is 280 g/mol. The molecule has 2 aromatic heterocycles. The zero-order valence-electron chi connectivity index (χ0n) is 12.3. The van der Waals surface area contributed by atoms with Crippen LogP contribution in [-0.4, -0.2) is 19.6 Å². The molecule has 2 heterocycles. The first kappa shape index (κ1) is 14.1. The van der Waals surface area contributed by atoms with Crippen molar-refractivity contribution in [3.05, 3.63) is 48.3 Å². The lowest BCUT2D eigenvalue weighted by atomic mass is 10.1. The number of fused-ring (bicyclic) bond motifs is 1. The molecule has 0 amide bonds. The molecule has 1 aromatic carbocycles. The highest BCUT2D eigenvalue weighted by Gasteiger charge is 2.17. The Hall–Kier alpha value is -2.89. The molecule has 0 unspecified atom stereocenters. The van der Waals surface area contributed by atoms with Gasteiger partial charge in [0.2, 0.25) is 0 Å². The normalized spacial score (nSPS) is 11.8. The molecular formula is C16H16N4O2. The summed E-state index contributed by atoms with van der Waals surface area (Å²) in [7, 11) is 0. The van der Waals surface area contributed by atoms with Crippen molar-refractivity contribution in [3.8, 4) is 11.5 Å². The van der Waals surface area contributed by atoms with Crippen LogP contribution in [0.2, 0.25) is 0 Å². The number of nitrogens with zero attached hydrogens (tertiary/aromatic N) is 4. The average molecular weight is 296 g/mol. The van der Waals surface area contributed by atoms with Gasteiger partial charge in [-0.25, -0.2) is 4.98 Å². The standard InChI is InChI=1S/C16H16N4O2/c1-10(2)14-16(19-18-11-6-3-4-7-12(11)21)20-9-5-8-13(22)15(20)17-14/h3-10,21-22H,1-2H3. The Morgan fingerprint density at radius 1 is 1.00 bits per heavy atom. The number of para-hydroxylation sites is 1. The fourth-order valence-corrected chi connectivity index (χ4v) is 2.20. The van der Waals surface area contributed by atoms with E-state index >= 15 is 0 Å². The van der Waals surface area contributed by atoms with E-state index < -0.39 is 0 Å². The van der Waals surface area contributed by atoms with Crippen molar-refractivity contribution >= 4 is 17.2 Å². The number of hydrogen-bond donors (Lipinski definition) is 2. The van der Waals surface area contributed by atoms with E-state index in [1.807, 2.05) is 13.8 Å². The van der Waals surface area contributed by atoms with Crippen LogP contribution >= 0.6 is 0 Å². The molecule has 0 saturated carbocycles. The predicted molar refractivity (Wildman–Crippen MR) is 83.2 cm³/mol. The summed E-state index contributed by atoms with van der Waals surface area (Å²) in [6.45, 7) is 4.00. The summed E-state index contributed by atoms with van der Waals surface area (Å²) < 4.78 is 1.69. The second-order valence-electron chi connectivity index (χ2n) is 5.25. The van der Waals surface area contributed by atoms with Crippen LogP contribution in [0.1, 0.15) is 25.5 Å². The van der Waals surface area contributed by atoms with E-state index in [0.717, 1.165) is 5.69 Å². The highest BCUT2D eigenvalue weighted by molar-refractivity contribution is 5.61. The Labute approximate surface area is 127 Å². The lowest BCUT2D eigenvalue weighted by molar-refractivity contribution is 0.476. The van der Waals surface area contributed by atoms with Crippen molar-refractivity contribution in [1.29, 1.82) is 0 Å². The molecule has 0 fully saturated rings. The highest BCUT2D eigenvalue weighted by Crippen LogP contribution is 2.33. The first-order valence-corrected chi connectivity index (χ1v) is 6.97. The first-order chi connectivity index (χ1) is 10.6. The van der Waals surface area contributed by atoms with E-state index in [2.05, 4.69) is 15.2 Å². The third kappa shape index (κ3) is 2.39. The quantitative estimate of drug-likeness (QED) is 0.707. The molecule has 0 radical (unpaired) electrons. The third-order valence-corrected chi connectivity index (χ3v) is 3.31. The van der Waals surface area contributed by atoms with Gasteiger partial charge in [0.25, 0.3) is 0 Å². The lowest BCUT2D eigenvalue weighted by Crippen LogP contribution is -1.87. The van der Waals surface area contributed by atoms with Gasteiger partial charge in [0, 0.05) is 6.20 Å². The monoisotopic (exact) mass is 296 g/mol. The van der Waals surface area contributed by atoms with Crippen LogP contribution in [0.25, 0.3) is 5.65 Å². The van der Waals surface area contributed by atoms with E-state index in [0.29, 0.717) is 17.2 Å². The van der Waals surface area contributed by atoms with Gasteiger partial charge in [-0.2, -0.15) is 0 Å². The summed E-state index contributed by atoms with van der Waals surface area (Å²) in [6, 6.07) is 10.0. The molecule has 0 saturated heterocycles. The Morgan fingerprint density at radius 2 is 1.73 bits per heavy atom. The minimum atomic E-state index is 0.0639. The average Bonchev–Trinajstić information content (AvgIpc) is 2.87.